The second-order valence-corrected chi connectivity index (χ2v) is 3.97. The summed E-state index contributed by atoms with van der Waals surface area (Å²) >= 11 is 0. The molecule has 0 aliphatic heterocycles. The van der Waals surface area contributed by atoms with Gasteiger partial charge in [-0.05, 0) is 12.8 Å². The van der Waals surface area contributed by atoms with E-state index in [9.17, 15) is 0 Å². The summed E-state index contributed by atoms with van der Waals surface area (Å²) in [5.41, 5.74) is 0. The van der Waals surface area contributed by atoms with Crippen LogP contribution in [0.15, 0.2) is 12.4 Å². The van der Waals surface area contributed by atoms with Gasteiger partial charge in [-0.3, -0.25) is 5.32 Å². The zero-order chi connectivity index (χ0) is 10.7. The second-order valence-electron chi connectivity index (χ2n) is 3.97. The molecule has 0 saturated heterocycles. The number of aromatic nitrogens is 2. The number of nitriles is 1. The first-order chi connectivity index (χ1) is 7.33. The van der Waals surface area contributed by atoms with Gasteiger partial charge < -0.3 is 4.57 Å². The van der Waals surface area contributed by atoms with E-state index in [1.165, 1.54) is 12.8 Å². The molecule has 0 spiro atoms. The highest BCUT2D eigenvalue weighted by molar-refractivity contribution is 4.99. The molecule has 1 aromatic heterocycles. The van der Waals surface area contributed by atoms with Crippen molar-refractivity contribution < 1.29 is 0 Å². The predicted octanol–water partition coefficient (Wildman–Crippen LogP) is 1.09. The van der Waals surface area contributed by atoms with Crippen LogP contribution in [0.2, 0.25) is 0 Å². The third kappa shape index (κ3) is 2.57. The molecule has 1 saturated carbocycles. The van der Waals surface area contributed by atoms with Crippen molar-refractivity contribution >= 4 is 0 Å². The van der Waals surface area contributed by atoms with Gasteiger partial charge in [-0.2, -0.15) is 5.26 Å². The van der Waals surface area contributed by atoms with Crippen LogP contribution >= 0.6 is 0 Å². The molecule has 1 aliphatic carbocycles. The Hall–Kier alpha value is -1.34. The Kier molecular flexibility index (Phi) is 3.02. The Morgan fingerprint density at radius 3 is 3.13 bits per heavy atom. The van der Waals surface area contributed by atoms with Gasteiger partial charge in [0, 0.05) is 24.9 Å². The molecule has 15 heavy (non-hydrogen) atoms. The lowest BCUT2D eigenvalue weighted by molar-refractivity contribution is 0.508. The van der Waals surface area contributed by atoms with Crippen LogP contribution in [-0.2, 0) is 13.0 Å². The van der Waals surface area contributed by atoms with Crippen LogP contribution in [0.3, 0.4) is 0 Å². The average molecular weight is 204 g/mol. The summed E-state index contributed by atoms with van der Waals surface area (Å²) in [5, 5.41) is 12.3. The molecule has 1 fully saturated rings. The van der Waals surface area contributed by atoms with E-state index in [1.54, 1.807) is 6.20 Å². The molecule has 0 radical (unpaired) electrons. The molecule has 0 amide bonds. The Bertz CT molecular complexity index is 359. The summed E-state index contributed by atoms with van der Waals surface area (Å²) in [6, 6.07) is 2.79. The van der Waals surface area contributed by atoms with Crippen LogP contribution in [0.1, 0.15) is 25.6 Å². The predicted molar refractivity (Wildman–Crippen MR) is 57.2 cm³/mol. The number of nitrogens with zero attached hydrogens (tertiary/aromatic N) is 3. The van der Waals surface area contributed by atoms with Crippen LogP contribution < -0.4 is 5.32 Å². The molecular weight excluding hydrogens is 188 g/mol. The zero-order valence-corrected chi connectivity index (χ0v) is 8.98. The second kappa shape index (κ2) is 4.45. The highest BCUT2D eigenvalue weighted by Crippen LogP contribution is 2.19. The number of rotatable bonds is 5. The molecule has 0 bridgehead atoms. The fraction of sp³-hybridized carbons (Fsp3) is 0.636. The molecule has 1 unspecified atom stereocenters. The molecule has 1 atom stereocenters. The Balaban J connectivity index is 1.96. The normalized spacial score (nSPS) is 17.3. The maximum Gasteiger partial charge on any atom is 0.114 e. The maximum atomic E-state index is 9.02. The van der Waals surface area contributed by atoms with E-state index in [0.29, 0.717) is 12.6 Å². The molecule has 1 N–H and O–H groups in total. The van der Waals surface area contributed by atoms with Crippen LogP contribution in [0.4, 0.5) is 0 Å². The molecule has 4 nitrogen and oxygen atoms in total. The van der Waals surface area contributed by atoms with E-state index in [4.69, 9.17) is 5.26 Å². The van der Waals surface area contributed by atoms with Gasteiger partial charge in [0.1, 0.15) is 11.9 Å². The summed E-state index contributed by atoms with van der Waals surface area (Å²) in [4.78, 5) is 4.24. The van der Waals surface area contributed by atoms with Gasteiger partial charge in [0.05, 0.1) is 12.6 Å². The van der Waals surface area contributed by atoms with Crippen molar-refractivity contribution in [2.75, 3.05) is 0 Å². The van der Waals surface area contributed by atoms with Crippen LogP contribution in [-0.4, -0.2) is 21.6 Å². The molecule has 1 aromatic rings. The lowest BCUT2D eigenvalue weighted by Gasteiger charge is -2.12. The van der Waals surface area contributed by atoms with Crippen LogP contribution in [0, 0.1) is 11.3 Å². The first-order valence-electron chi connectivity index (χ1n) is 5.49. The SMILES string of the molecule is CCc1nccn1CC(C#N)NC1CC1. The fourth-order valence-electron chi connectivity index (χ4n) is 1.68. The van der Waals surface area contributed by atoms with E-state index in [2.05, 4.69) is 27.9 Å². The minimum atomic E-state index is -0.0861. The quantitative estimate of drug-likeness (QED) is 0.781. The topological polar surface area (TPSA) is 53.6 Å². The standard InChI is InChI=1S/C11H16N4/c1-2-11-13-5-6-15(11)8-10(7-12)14-9-3-4-9/h5-6,9-10,14H,2-4,8H2,1H3. The monoisotopic (exact) mass is 204 g/mol. The van der Waals surface area contributed by atoms with E-state index in [-0.39, 0.29) is 6.04 Å². The number of hydrogen-bond acceptors (Lipinski definition) is 3. The number of nitrogens with one attached hydrogen (secondary N) is 1. The Labute approximate surface area is 89.9 Å². The van der Waals surface area contributed by atoms with Gasteiger partial charge in [-0.1, -0.05) is 6.92 Å². The van der Waals surface area contributed by atoms with Crippen molar-refractivity contribution in [2.24, 2.45) is 0 Å². The van der Waals surface area contributed by atoms with Crippen molar-refractivity contribution in [3.05, 3.63) is 18.2 Å². The van der Waals surface area contributed by atoms with Crippen molar-refractivity contribution in [3.63, 3.8) is 0 Å². The molecule has 80 valence electrons. The van der Waals surface area contributed by atoms with Crippen LogP contribution in [0.5, 0.6) is 0 Å². The van der Waals surface area contributed by atoms with Gasteiger partial charge in [0.25, 0.3) is 0 Å². The molecular formula is C11H16N4. The zero-order valence-electron chi connectivity index (χ0n) is 8.98. The fourth-order valence-corrected chi connectivity index (χ4v) is 1.68. The van der Waals surface area contributed by atoms with E-state index >= 15 is 0 Å². The van der Waals surface area contributed by atoms with Crippen molar-refractivity contribution in [2.45, 2.75) is 44.8 Å². The molecule has 4 heteroatoms. The highest BCUT2D eigenvalue weighted by Gasteiger charge is 2.24. The molecule has 0 aromatic carbocycles. The lowest BCUT2D eigenvalue weighted by Crippen LogP contribution is -2.33. The highest BCUT2D eigenvalue weighted by atomic mass is 15.1. The molecule has 1 aliphatic rings. The molecule has 2 rings (SSSR count). The summed E-state index contributed by atoms with van der Waals surface area (Å²) in [6.45, 7) is 2.78. The Morgan fingerprint density at radius 2 is 2.53 bits per heavy atom. The maximum absolute atomic E-state index is 9.02. The third-order valence-electron chi connectivity index (χ3n) is 2.67. The van der Waals surface area contributed by atoms with Gasteiger partial charge >= 0.3 is 0 Å². The molecule has 1 heterocycles. The van der Waals surface area contributed by atoms with Gasteiger partial charge in [-0.15, -0.1) is 0 Å². The Morgan fingerprint density at radius 1 is 1.73 bits per heavy atom. The van der Waals surface area contributed by atoms with Gasteiger partial charge in [-0.25, -0.2) is 4.98 Å². The van der Waals surface area contributed by atoms with Gasteiger partial charge in [0.2, 0.25) is 0 Å². The minimum absolute atomic E-state index is 0.0861. The largest absolute Gasteiger partial charge is 0.332 e. The van der Waals surface area contributed by atoms with E-state index in [1.807, 2.05) is 6.20 Å². The summed E-state index contributed by atoms with van der Waals surface area (Å²) in [6.07, 6.45) is 7.07. The first kappa shape index (κ1) is 10.2. The van der Waals surface area contributed by atoms with E-state index < -0.39 is 0 Å². The van der Waals surface area contributed by atoms with Crippen LogP contribution in [0.25, 0.3) is 0 Å². The van der Waals surface area contributed by atoms with Crippen molar-refractivity contribution in [1.29, 1.82) is 5.26 Å². The third-order valence-corrected chi connectivity index (χ3v) is 2.67. The first-order valence-corrected chi connectivity index (χ1v) is 5.49. The average Bonchev–Trinajstić information content (AvgIpc) is 2.95. The lowest BCUT2D eigenvalue weighted by atomic mass is 10.3. The van der Waals surface area contributed by atoms with Crippen molar-refractivity contribution in [1.82, 2.24) is 14.9 Å². The van der Waals surface area contributed by atoms with Gasteiger partial charge in [0.15, 0.2) is 0 Å². The van der Waals surface area contributed by atoms with E-state index in [0.717, 1.165) is 12.2 Å². The summed E-state index contributed by atoms with van der Waals surface area (Å²) in [7, 11) is 0. The summed E-state index contributed by atoms with van der Waals surface area (Å²) in [5.74, 6) is 1.05. The smallest absolute Gasteiger partial charge is 0.114 e. The minimum Gasteiger partial charge on any atom is -0.332 e. The summed E-state index contributed by atoms with van der Waals surface area (Å²) < 4.78 is 2.06. The number of imidazole rings is 1. The number of aryl methyl sites for hydroxylation is 1. The number of hydrogen-bond donors (Lipinski definition) is 1. The van der Waals surface area contributed by atoms with Crippen molar-refractivity contribution in [3.8, 4) is 6.07 Å².